The summed E-state index contributed by atoms with van der Waals surface area (Å²) in [6.07, 6.45) is 8.97. The number of hydrogen-bond donors (Lipinski definition) is 2. The number of carbonyl (C=O) groups is 1. The van der Waals surface area contributed by atoms with Gasteiger partial charge >= 0.3 is 0 Å². The molecule has 1 aromatic heterocycles. The fraction of sp³-hybridized carbons (Fsp3) is 0.800. The summed E-state index contributed by atoms with van der Waals surface area (Å²) in [4.78, 5) is 19.4. The van der Waals surface area contributed by atoms with Crippen LogP contribution in [0.3, 0.4) is 0 Å². The zero-order valence-electron chi connectivity index (χ0n) is 18.2. The van der Waals surface area contributed by atoms with E-state index in [9.17, 15) is 4.79 Å². The predicted octanol–water partition coefficient (Wildman–Crippen LogP) is 2.37. The molecular formula is C20H36IN7O. The van der Waals surface area contributed by atoms with Crippen LogP contribution in [0.2, 0.25) is 0 Å². The fourth-order valence-corrected chi connectivity index (χ4v) is 4.40. The van der Waals surface area contributed by atoms with Crippen molar-refractivity contribution < 1.29 is 4.79 Å². The molecule has 0 aromatic carbocycles. The summed E-state index contributed by atoms with van der Waals surface area (Å²) in [6.45, 7) is 3.03. The minimum atomic E-state index is -0.316. The zero-order chi connectivity index (χ0) is 20.1. The highest BCUT2D eigenvalue weighted by molar-refractivity contribution is 14.0. The second-order valence-electron chi connectivity index (χ2n) is 8.55. The van der Waals surface area contributed by atoms with Crippen molar-refractivity contribution in [3.05, 3.63) is 11.6 Å². The Morgan fingerprint density at radius 2 is 1.86 bits per heavy atom. The molecule has 2 saturated carbocycles. The van der Waals surface area contributed by atoms with Gasteiger partial charge in [0.05, 0.1) is 5.41 Å². The Hall–Kier alpha value is -1.39. The Morgan fingerprint density at radius 1 is 1.21 bits per heavy atom. The topological polar surface area (TPSA) is 87.4 Å². The molecule has 1 amide bonds. The summed E-state index contributed by atoms with van der Waals surface area (Å²) < 4.78 is 1.96. The quantitative estimate of drug-likeness (QED) is 0.344. The number of aromatic nitrogens is 3. The van der Waals surface area contributed by atoms with Gasteiger partial charge in [-0.15, -0.1) is 34.2 Å². The molecule has 2 fully saturated rings. The van der Waals surface area contributed by atoms with Crippen molar-refractivity contribution in [2.24, 2.45) is 17.5 Å². The maximum absolute atomic E-state index is 12.9. The maximum atomic E-state index is 12.9. The number of carbonyl (C=O) groups excluding carboxylic acids is 1. The number of aryl methyl sites for hydroxylation is 1. The Labute approximate surface area is 191 Å². The van der Waals surface area contributed by atoms with Gasteiger partial charge in [0.2, 0.25) is 5.91 Å². The van der Waals surface area contributed by atoms with Gasteiger partial charge in [-0.2, -0.15) is 0 Å². The lowest BCUT2D eigenvalue weighted by molar-refractivity contribution is -0.138. The van der Waals surface area contributed by atoms with Gasteiger partial charge in [-0.25, -0.2) is 4.99 Å². The van der Waals surface area contributed by atoms with E-state index in [-0.39, 0.29) is 35.3 Å². The Bertz CT molecular complexity index is 704. The van der Waals surface area contributed by atoms with Gasteiger partial charge in [-0.3, -0.25) is 4.79 Å². The van der Waals surface area contributed by atoms with Gasteiger partial charge in [0, 0.05) is 33.7 Å². The SMILES string of the molecule is Cc1nnc(CN=C(NCC2(C(=O)N(C)C)CCCC2)NC2CCCC2)n1C.I. The minimum absolute atomic E-state index is 0. The van der Waals surface area contributed by atoms with Crippen molar-refractivity contribution in [1.29, 1.82) is 0 Å². The Kier molecular flexibility index (Phi) is 8.72. The third-order valence-electron chi connectivity index (χ3n) is 6.27. The number of rotatable bonds is 6. The van der Waals surface area contributed by atoms with Crippen LogP contribution in [0.25, 0.3) is 0 Å². The third kappa shape index (κ3) is 5.82. The molecule has 2 aliphatic carbocycles. The van der Waals surface area contributed by atoms with E-state index in [1.807, 2.05) is 32.6 Å². The molecule has 164 valence electrons. The molecule has 0 saturated heterocycles. The van der Waals surface area contributed by atoms with Crippen LogP contribution in [0.15, 0.2) is 4.99 Å². The Morgan fingerprint density at radius 3 is 2.41 bits per heavy atom. The molecule has 2 N–H and O–H groups in total. The average molecular weight is 517 g/mol. The number of nitrogens with zero attached hydrogens (tertiary/aromatic N) is 5. The zero-order valence-corrected chi connectivity index (χ0v) is 20.5. The van der Waals surface area contributed by atoms with Crippen molar-refractivity contribution in [2.45, 2.75) is 70.9 Å². The predicted molar refractivity (Wildman–Crippen MR) is 125 cm³/mol. The van der Waals surface area contributed by atoms with Crippen molar-refractivity contribution in [3.8, 4) is 0 Å². The molecule has 0 bridgehead atoms. The highest BCUT2D eigenvalue weighted by Gasteiger charge is 2.42. The number of nitrogens with one attached hydrogen (secondary N) is 2. The van der Waals surface area contributed by atoms with Crippen LogP contribution in [-0.2, 0) is 18.4 Å². The minimum Gasteiger partial charge on any atom is -0.355 e. The molecule has 2 aliphatic rings. The van der Waals surface area contributed by atoms with E-state index in [1.165, 1.54) is 25.7 Å². The molecule has 29 heavy (non-hydrogen) atoms. The monoisotopic (exact) mass is 517 g/mol. The number of amides is 1. The van der Waals surface area contributed by atoms with Gasteiger partial charge in [0.15, 0.2) is 11.8 Å². The molecule has 1 heterocycles. The van der Waals surface area contributed by atoms with Crippen LogP contribution in [0, 0.1) is 12.3 Å². The van der Waals surface area contributed by atoms with E-state index in [1.54, 1.807) is 4.90 Å². The largest absolute Gasteiger partial charge is 0.355 e. The second kappa shape index (κ2) is 10.6. The van der Waals surface area contributed by atoms with Crippen LogP contribution in [0.5, 0.6) is 0 Å². The molecule has 0 spiro atoms. The van der Waals surface area contributed by atoms with Gasteiger partial charge in [-0.1, -0.05) is 25.7 Å². The maximum Gasteiger partial charge on any atom is 0.230 e. The van der Waals surface area contributed by atoms with E-state index in [0.717, 1.165) is 43.3 Å². The fourth-order valence-electron chi connectivity index (χ4n) is 4.40. The van der Waals surface area contributed by atoms with Gasteiger partial charge in [-0.05, 0) is 32.6 Å². The lowest BCUT2D eigenvalue weighted by atomic mass is 9.84. The molecule has 0 atom stereocenters. The molecule has 0 aliphatic heterocycles. The summed E-state index contributed by atoms with van der Waals surface area (Å²) in [6, 6.07) is 0.455. The highest BCUT2D eigenvalue weighted by atomic mass is 127. The van der Waals surface area contributed by atoms with Crippen LogP contribution in [0.1, 0.15) is 63.0 Å². The van der Waals surface area contributed by atoms with Gasteiger partial charge in [0.1, 0.15) is 12.4 Å². The van der Waals surface area contributed by atoms with Crippen LogP contribution < -0.4 is 10.6 Å². The molecule has 3 rings (SSSR count). The molecule has 0 radical (unpaired) electrons. The van der Waals surface area contributed by atoms with E-state index in [0.29, 0.717) is 19.1 Å². The lowest BCUT2D eigenvalue weighted by Gasteiger charge is -2.31. The normalized spacial score (nSPS) is 19.1. The third-order valence-corrected chi connectivity index (χ3v) is 6.27. The van der Waals surface area contributed by atoms with Crippen molar-refractivity contribution in [1.82, 2.24) is 30.3 Å². The molecule has 8 nitrogen and oxygen atoms in total. The van der Waals surface area contributed by atoms with Crippen LogP contribution in [-0.4, -0.2) is 58.2 Å². The standard InChI is InChI=1S/C20H35N7O.HI/c1-15-24-25-17(27(15)4)13-21-19(23-16-9-5-6-10-16)22-14-20(11-7-8-12-20)18(28)26(2)3;/h16H,5-14H2,1-4H3,(H2,21,22,23);1H. The number of halogens is 1. The number of aliphatic imine (C=N–C) groups is 1. The summed E-state index contributed by atoms with van der Waals surface area (Å²) >= 11 is 0. The molecule has 9 heteroatoms. The Balaban J connectivity index is 0.00000300. The summed E-state index contributed by atoms with van der Waals surface area (Å²) in [5, 5.41) is 15.4. The molecule has 1 aromatic rings. The van der Waals surface area contributed by atoms with Crippen LogP contribution in [0.4, 0.5) is 0 Å². The van der Waals surface area contributed by atoms with E-state index in [2.05, 4.69) is 20.8 Å². The number of hydrogen-bond acceptors (Lipinski definition) is 4. The van der Waals surface area contributed by atoms with E-state index in [4.69, 9.17) is 4.99 Å². The van der Waals surface area contributed by atoms with Gasteiger partial charge < -0.3 is 20.1 Å². The van der Waals surface area contributed by atoms with E-state index < -0.39 is 0 Å². The lowest BCUT2D eigenvalue weighted by Crippen LogP contribution is -2.50. The molecular weight excluding hydrogens is 481 g/mol. The first kappa shape index (κ1) is 23.9. The van der Waals surface area contributed by atoms with Gasteiger partial charge in [0.25, 0.3) is 0 Å². The van der Waals surface area contributed by atoms with Crippen molar-refractivity contribution in [3.63, 3.8) is 0 Å². The highest BCUT2D eigenvalue weighted by Crippen LogP contribution is 2.38. The summed E-state index contributed by atoms with van der Waals surface area (Å²) in [5.74, 6) is 2.72. The van der Waals surface area contributed by atoms with Crippen molar-refractivity contribution in [2.75, 3.05) is 20.6 Å². The number of guanidine groups is 1. The first-order valence-corrected chi connectivity index (χ1v) is 10.5. The van der Waals surface area contributed by atoms with Crippen molar-refractivity contribution >= 4 is 35.8 Å². The smallest absolute Gasteiger partial charge is 0.230 e. The summed E-state index contributed by atoms with van der Waals surface area (Å²) in [5.41, 5.74) is -0.316. The van der Waals surface area contributed by atoms with E-state index >= 15 is 0 Å². The summed E-state index contributed by atoms with van der Waals surface area (Å²) in [7, 11) is 5.66. The second-order valence-corrected chi connectivity index (χ2v) is 8.55. The first-order chi connectivity index (χ1) is 13.4. The first-order valence-electron chi connectivity index (χ1n) is 10.5. The van der Waals surface area contributed by atoms with Crippen LogP contribution >= 0.6 is 24.0 Å². The average Bonchev–Trinajstić information content (AvgIpc) is 3.42. The molecule has 0 unspecified atom stereocenters.